The number of aliphatic hydroxyl groups excluding tert-OH is 1. The van der Waals surface area contributed by atoms with Gasteiger partial charge in [-0.3, -0.25) is 14.8 Å². The Labute approximate surface area is 124 Å². The molecule has 0 aliphatic heterocycles. The van der Waals surface area contributed by atoms with E-state index in [1.165, 1.54) is 12.4 Å². The van der Waals surface area contributed by atoms with Crippen molar-refractivity contribution in [2.45, 2.75) is 32.7 Å². The normalized spacial score (nSPS) is 13.5. The molecule has 0 saturated heterocycles. The van der Waals surface area contributed by atoms with Crippen molar-refractivity contribution in [1.82, 2.24) is 10.8 Å². The number of rotatable bonds is 4. The lowest BCUT2D eigenvalue weighted by Gasteiger charge is -2.19. The molecule has 0 aliphatic rings. The number of hydrogen-bond acceptors (Lipinski definition) is 4. The van der Waals surface area contributed by atoms with E-state index in [9.17, 15) is 27.9 Å². The van der Waals surface area contributed by atoms with E-state index >= 15 is 0 Å². The van der Waals surface area contributed by atoms with Crippen LogP contribution in [0.2, 0.25) is 0 Å². The highest BCUT2D eigenvalue weighted by Crippen LogP contribution is 2.29. The van der Waals surface area contributed by atoms with Crippen LogP contribution in [0.4, 0.5) is 13.2 Å². The Bertz CT molecular complexity index is 515. The van der Waals surface area contributed by atoms with Crippen LogP contribution in [0, 0.1) is 0 Å². The van der Waals surface area contributed by atoms with Gasteiger partial charge in [0.1, 0.15) is 6.04 Å². The van der Waals surface area contributed by atoms with Crippen LogP contribution in [-0.4, -0.2) is 34.3 Å². The molecule has 2 amide bonds. The van der Waals surface area contributed by atoms with E-state index in [0.717, 1.165) is 24.3 Å². The molecule has 6 nitrogen and oxygen atoms in total. The summed E-state index contributed by atoms with van der Waals surface area (Å²) >= 11 is 0. The average Bonchev–Trinajstić information content (AvgIpc) is 2.42. The molecule has 4 N–H and O–H groups in total. The zero-order valence-electron chi connectivity index (χ0n) is 10.8. The summed E-state index contributed by atoms with van der Waals surface area (Å²) in [6.07, 6.45) is -5.83. The minimum Gasteiger partial charge on any atom is -0.391 e. The zero-order chi connectivity index (χ0) is 16.2. The van der Waals surface area contributed by atoms with E-state index in [1.54, 1.807) is 0 Å². The Morgan fingerprint density at radius 1 is 1.18 bits per heavy atom. The van der Waals surface area contributed by atoms with Gasteiger partial charge >= 0.3 is 6.18 Å². The number of alkyl halides is 3. The van der Waals surface area contributed by atoms with Crippen LogP contribution in [0.1, 0.15) is 30.3 Å². The van der Waals surface area contributed by atoms with E-state index < -0.39 is 35.7 Å². The molecule has 124 valence electrons. The highest BCUT2D eigenvalue weighted by Gasteiger charge is 2.30. The number of nitrogens with one attached hydrogen (secondary N) is 2. The number of hydroxylamine groups is 1. The fraction of sp³-hybridized carbons (Fsp3) is 0.385. The Kier molecular flexibility index (Phi) is 7.01. The summed E-state index contributed by atoms with van der Waals surface area (Å²) in [6.45, 7) is 1.20. The average molecular weight is 322 g/mol. The van der Waals surface area contributed by atoms with Gasteiger partial charge in [-0.15, -0.1) is 0 Å². The minimum absolute atomic E-state index is 0. The van der Waals surface area contributed by atoms with Crippen LogP contribution in [0.15, 0.2) is 24.3 Å². The van der Waals surface area contributed by atoms with Crippen LogP contribution in [0.25, 0.3) is 0 Å². The Morgan fingerprint density at radius 2 is 1.68 bits per heavy atom. The second kappa shape index (κ2) is 7.76. The van der Waals surface area contributed by atoms with Crippen molar-refractivity contribution in [3.8, 4) is 0 Å². The molecule has 0 radical (unpaired) electrons. The van der Waals surface area contributed by atoms with E-state index in [-0.39, 0.29) is 13.0 Å². The first-order chi connectivity index (χ1) is 9.66. The number of carbonyl (C=O) groups excluding carboxylic acids is 2. The van der Waals surface area contributed by atoms with Gasteiger partial charge in [0.25, 0.3) is 11.8 Å². The molecule has 0 unspecified atom stereocenters. The summed E-state index contributed by atoms with van der Waals surface area (Å²) in [7, 11) is 0. The lowest BCUT2D eigenvalue weighted by molar-refractivity contribution is -0.137. The molecule has 9 heteroatoms. The van der Waals surface area contributed by atoms with E-state index in [1.807, 2.05) is 0 Å². The number of benzene rings is 1. The lowest BCUT2D eigenvalue weighted by atomic mass is 10.1. The maximum Gasteiger partial charge on any atom is 0.416 e. The summed E-state index contributed by atoms with van der Waals surface area (Å²) in [6, 6.07) is 1.88. The molecule has 1 aromatic carbocycles. The molecule has 0 bridgehead atoms. The predicted molar refractivity (Wildman–Crippen MR) is 71.0 cm³/mol. The van der Waals surface area contributed by atoms with Crippen molar-refractivity contribution in [3.05, 3.63) is 35.4 Å². The molecule has 1 aromatic rings. The number of amides is 2. The Morgan fingerprint density at radius 3 is 2.05 bits per heavy atom. The van der Waals surface area contributed by atoms with Gasteiger partial charge in [-0.25, -0.2) is 5.48 Å². The van der Waals surface area contributed by atoms with Gasteiger partial charge in [0, 0.05) is 5.56 Å². The van der Waals surface area contributed by atoms with E-state index in [2.05, 4.69) is 5.32 Å². The zero-order valence-corrected chi connectivity index (χ0v) is 10.8. The summed E-state index contributed by atoms with van der Waals surface area (Å²) in [5.41, 5.74) is 0.227. The first kappa shape index (κ1) is 19.9. The van der Waals surface area contributed by atoms with Crippen molar-refractivity contribution in [3.63, 3.8) is 0 Å². The third-order valence-electron chi connectivity index (χ3n) is 2.64. The van der Waals surface area contributed by atoms with Gasteiger partial charge in [-0.2, -0.15) is 13.2 Å². The summed E-state index contributed by atoms with van der Waals surface area (Å²) in [5, 5.41) is 19.9. The second-order valence-corrected chi connectivity index (χ2v) is 4.24. The number of carbonyl (C=O) groups is 2. The summed E-state index contributed by atoms with van der Waals surface area (Å²) in [5.74, 6) is -1.91. The standard InChI is InChI=1S/C12H13F3N2O4.CH4/c1-6(18)9(11(20)17-21)16-10(19)7-2-4-8(5-3-7)12(13,14)15;/h2-6,9,18,21H,1H3,(H,16,19)(H,17,20);1H4/t6-,9+;/m1./s1. The Balaban J connectivity index is 0.00000441. The first-order valence-corrected chi connectivity index (χ1v) is 5.77. The molecule has 0 aromatic heterocycles. The number of aliphatic hydroxyl groups is 1. The molecule has 22 heavy (non-hydrogen) atoms. The topological polar surface area (TPSA) is 98.7 Å². The van der Waals surface area contributed by atoms with Crippen LogP contribution >= 0.6 is 0 Å². The molecule has 0 saturated carbocycles. The van der Waals surface area contributed by atoms with E-state index in [0.29, 0.717) is 0 Å². The van der Waals surface area contributed by atoms with Crippen molar-refractivity contribution < 1.29 is 33.1 Å². The fourth-order valence-electron chi connectivity index (χ4n) is 1.51. The van der Waals surface area contributed by atoms with Crippen LogP contribution in [-0.2, 0) is 11.0 Å². The fourth-order valence-corrected chi connectivity index (χ4v) is 1.51. The molecule has 0 fully saturated rings. The van der Waals surface area contributed by atoms with Gasteiger partial charge in [-0.05, 0) is 31.2 Å². The molecule has 0 spiro atoms. The van der Waals surface area contributed by atoms with Gasteiger partial charge in [0.05, 0.1) is 11.7 Å². The SMILES string of the molecule is C.C[C@@H](O)[C@H](NC(=O)c1ccc(C(F)(F)F)cc1)C(=O)NO. The van der Waals surface area contributed by atoms with Gasteiger partial charge in [0.2, 0.25) is 0 Å². The number of hydrogen-bond donors (Lipinski definition) is 4. The minimum atomic E-state index is -4.52. The van der Waals surface area contributed by atoms with E-state index in [4.69, 9.17) is 5.21 Å². The van der Waals surface area contributed by atoms with Crippen molar-refractivity contribution in [2.24, 2.45) is 0 Å². The quantitative estimate of drug-likeness (QED) is 0.496. The third kappa shape index (κ3) is 5.01. The molecule has 0 aliphatic carbocycles. The highest BCUT2D eigenvalue weighted by atomic mass is 19.4. The Hall–Kier alpha value is -2.13. The van der Waals surface area contributed by atoms with Crippen molar-refractivity contribution in [1.29, 1.82) is 0 Å². The third-order valence-corrected chi connectivity index (χ3v) is 2.64. The predicted octanol–water partition coefficient (Wildman–Crippen LogP) is 1.33. The first-order valence-electron chi connectivity index (χ1n) is 5.77. The van der Waals surface area contributed by atoms with Crippen LogP contribution in [0.5, 0.6) is 0 Å². The van der Waals surface area contributed by atoms with Crippen LogP contribution < -0.4 is 10.8 Å². The number of halogens is 3. The highest BCUT2D eigenvalue weighted by molar-refractivity contribution is 5.97. The van der Waals surface area contributed by atoms with Gasteiger partial charge in [0.15, 0.2) is 0 Å². The monoisotopic (exact) mass is 322 g/mol. The lowest BCUT2D eigenvalue weighted by Crippen LogP contribution is -2.51. The molecular weight excluding hydrogens is 305 g/mol. The molecule has 0 heterocycles. The van der Waals surface area contributed by atoms with Gasteiger partial charge in [-0.1, -0.05) is 7.43 Å². The largest absolute Gasteiger partial charge is 0.416 e. The summed E-state index contributed by atoms with van der Waals surface area (Å²) in [4.78, 5) is 23.0. The van der Waals surface area contributed by atoms with Crippen molar-refractivity contribution >= 4 is 11.8 Å². The molecule has 1 rings (SSSR count). The van der Waals surface area contributed by atoms with Gasteiger partial charge < -0.3 is 10.4 Å². The molecular formula is C13H17F3N2O4. The maximum absolute atomic E-state index is 12.4. The summed E-state index contributed by atoms with van der Waals surface area (Å²) < 4.78 is 37.1. The maximum atomic E-state index is 12.4. The smallest absolute Gasteiger partial charge is 0.391 e. The van der Waals surface area contributed by atoms with Crippen LogP contribution in [0.3, 0.4) is 0 Å². The second-order valence-electron chi connectivity index (χ2n) is 4.24. The van der Waals surface area contributed by atoms with Crippen molar-refractivity contribution in [2.75, 3.05) is 0 Å². The molecule has 2 atom stereocenters.